The van der Waals surface area contributed by atoms with Crippen LogP contribution in [0.25, 0.3) is 0 Å². The van der Waals surface area contributed by atoms with Crippen molar-refractivity contribution in [3.63, 3.8) is 0 Å². The minimum Gasteiger partial charge on any atom is -0.202 e. The van der Waals surface area contributed by atoms with Gasteiger partial charge in [0.15, 0.2) is 0 Å². The Labute approximate surface area is 232 Å². The second kappa shape index (κ2) is 10.5. The molecule has 39 heavy (non-hydrogen) atoms. The minimum atomic E-state index is -7.50. The van der Waals surface area contributed by atoms with Crippen LogP contribution in [0.2, 0.25) is 15.1 Å². The quantitative estimate of drug-likeness (QED) is 0.225. The first-order valence-corrected chi connectivity index (χ1v) is 14.1. The Morgan fingerprint density at radius 2 is 0.795 bits per heavy atom. The van der Waals surface area contributed by atoms with E-state index >= 15 is 0 Å². The number of rotatable bonds is 8. The Kier molecular flexibility index (Phi) is 8.55. The first kappa shape index (κ1) is 31.7. The van der Waals surface area contributed by atoms with Crippen molar-refractivity contribution in [3.8, 4) is 0 Å². The normalized spacial score (nSPS) is 14.4. The number of hydrogen-bond acceptors (Lipinski definition) is 3. The minimum absolute atomic E-state index is 0.0452. The Bertz CT molecular complexity index is 1320. The lowest BCUT2D eigenvalue weighted by Gasteiger charge is -2.41. The summed E-state index contributed by atoms with van der Waals surface area (Å²) in [5.74, 6) is -15.0. The highest BCUT2D eigenvalue weighted by atomic mass is 35.5. The molecule has 0 atom stereocenters. The van der Waals surface area contributed by atoms with Gasteiger partial charge in [0.2, 0.25) is 0 Å². The van der Waals surface area contributed by atoms with Crippen molar-refractivity contribution in [2.75, 3.05) is 0 Å². The van der Waals surface area contributed by atoms with Crippen LogP contribution in [0.15, 0.2) is 87.5 Å². The largest absolute Gasteiger partial charge is 0.460 e. The second-order valence-corrected chi connectivity index (χ2v) is 13.4. The summed E-state index contributed by atoms with van der Waals surface area (Å²) in [4.78, 5) is -0.912. The van der Waals surface area contributed by atoms with Crippen LogP contribution >= 0.6 is 45.1 Å². The Morgan fingerprint density at radius 3 is 1.05 bits per heavy atom. The van der Waals surface area contributed by atoms with Crippen molar-refractivity contribution in [2.45, 2.75) is 38.0 Å². The molecule has 0 saturated heterocycles. The molecule has 0 fully saturated rings. The average molecular weight is 666 g/mol. The molecule has 17 heteroatoms. The second-order valence-electron chi connectivity index (χ2n) is 7.60. The smallest absolute Gasteiger partial charge is 0.202 e. The zero-order valence-electron chi connectivity index (χ0n) is 18.5. The van der Waals surface area contributed by atoms with E-state index in [1.54, 1.807) is 0 Å². The molecule has 3 rings (SSSR count). The van der Waals surface area contributed by atoms with Gasteiger partial charge in [0, 0.05) is 29.8 Å². The van der Waals surface area contributed by atoms with Crippen LogP contribution in [-0.4, -0.2) is 31.7 Å². The highest BCUT2D eigenvalue weighted by molar-refractivity contribution is 8.33. The summed E-state index contributed by atoms with van der Waals surface area (Å²) >= 11 is 17.6. The van der Waals surface area contributed by atoms with Gasteiger partial charge in [-0.1, -0.05) is 34.8 Å². The molecular weight excluding hydrogens is 654 g/mol. The van der Waals surface area contributed by atoms with Crippen molar-refractivity contribution in [1.29, 1.82) is 0 Å². The van der Waals surface area contributed by atoms with E-state index in [0.29, 0.717) is 0 Å². The third-order valence-electron chi connectivity index (χ3n) is 5.06. The van der Waals surface area contributed by atoms with E-state index in [1.807, 2.05) is 0 Å². The molecule has 0 aromatic heterocycles. The molecule has 0 heterocycles. The van der Waals surface area contributed by atoms with Gasteiger partial charge in [-0.05, 0) is 83.1 Å². The van der Waals surface area contributed by atoms with Gasteiger partial charge in [-0.3, -0.25) is 0 Å². The van der Waals surface area contributed by atoms with Gasteiger partial charge in [0.1, 0.15) is 0 Å². The molecule has 0 aliphatic rings. The van der Waals surface area contributed by atoms with E-state index in [9.17, 15) is 47.9 Å². The van der Waals surface area contributed by atoms with E-state index < -0.39 is 43.7 Å². The zero-order chi connectivity index (χ0) is 29.7. The van der Waals surface area contributed by atoms with Crippen LogP contribution in [0.5, 0.6) is 0 Å². The molecule has 0 aliphatic carbocycles. The summed E-state index contributed by atoms with van der Waals surface area (Å²) in [6.45, 7) is 0. The maximum atomic E-state index is 14.8. The van der Waals surface area contributed by atoms with Gasteiger partial charge in [-0.25, -0.2) is 3.63 Å². The molecule has 0 saturated carbocycles. The third-order valence-corrected chi connectivity index (χ3v) is 11.0. The van der Waals surface area contributed by atoms with Crippen molar-refractivity contribution in [1.82, 2.24) is 0 Å². The number of halogens is 12. The molecule has 0 aliphatic heterocycles. The molecule has 3 aromatic rings. The summed E-state index contributed by atoms with van der Waals surface area (Å²) in [5.41, 5.74) is 0. The topological polar surface area (TPSA) is 43.4 Å². The van der Waals surface area contributed by atoms with Crippen molar-refractivity contribution < 1.29 is 51.6 Å². The van der Waals surface area contributed by atoms with Crippen molar-refractivity contribution >= 4 is 55.2 Å². The fraction of sp³-hybridized carbons (Fsp3) is 0.182. The molecule has 0 spiro atoms. The Hall–Kier alpha value is -1.84. The van der Waals surface area contributed by atoms with E-state index in [0.717, 1.165) is 72.8 Å². The summed E-state index contributed by atoms with van der Waals surface area (Å²) in [7, 11) is -11.5. The average Bonchev–Trinajstić information content (AvgIpc) is 2.83. The molecule has 0 unspecified atom stereocenters. The van der Waals surface area contributed by atoms with Crippen LogP contribution in [0.3, 0.4) is 0 Å². The monoisotopic (exact) mass is 664 g/mol. The van der Waals surface area contributed by atoms with Gasteiger partial charge in [-0.2, -0.15) is 47.9 Å². The van der Waals surface area contributed by atoms with Gasteiger partial charge < -0.3 is 0 Å². The lowest BCUT2D eigenvalue weighted by Crippen LogP contribution is -2.63. The predicted molar refractivity (Wildman–Crippen MR) is 128 cm³/mol. The first-order chi connectivity index (χ1) is 17.7. The lowest BCUT2D eigenvalue weighted by atomic mass is 10.1. The maximum absolute atomic E-state index is 14.8. The number of alkyl halides is 9. The highest BCUT2D eigenvalue weighted by Crippen LogP contribution is 2.71. The fourth-order valence-corrected chi connectivity index (χ4v) is 8.65. The zero-order valence-corrected chi connectivity index (χ0v) is 22.4. The summed E-state index contributed by atoms with van der Waals surface area (Å²) in [6.07, 6.45) is -7.25. The molecule has 214 valence electrons. The van der Waals surface area contributed by atoms with Crippen LogP contribution in [0.1, 0.15) is 0 Å². The van der Waals surface area contributed by atoms with Crippen LogP contribution < -0.4 is 0 Å². The van der Waals surface area contributed by atoms with Crippen molar-refractivity contribution in [2.24, 2.45) is 0 Å². The Morgan fingerprint density at radius 1 is 0.513 bits per heavy atom. The highest BCUT2D eigenvalue weighted by Gasteiger charge is 2.86. The fourth-order valence-electron chi connectivity index (χ4n) is 3.10. The SMILES string of the molecule is O=S(=O)(OS(c1ccc(Cl)cc1)(c1ccc(Cl)cc1)c1ccc(Cl)cc1)C(F)(F)C(F)(F)C(F)(F)C(F)(F)F. The third kappa shape index (κ3) is 5.43. The van der Waals surface area contributed by atoms with Crippen molar-refractivity contribution in [3.05, 3.63) is 87.9 Å². The molecular formula is C22H12Cl3F9O3S2. The maximum Gasteiger partial charge on any atom is 0.460 e. The van der Waals surface area contributed by atoms with Crippen LogP contribution in [0, 0.1) is 0 Å². The standard InChI is InChI=1S/C22H12Cl3F9O3S2/c23-13-1-7-16(8-2-13)38(17-9-3-14(24)4-10-17,18-11-5-15(25)6-12-18)37-39(35,36)22(33,34)20(28,29)19(26,27)21(30,31)32/h1-12H. The number of hydrogen-bond donors (Lipinski definition) is 0. The van der Waals surface area contributed by atoms with E-state index in [-0.39, 0.29) is 29.8 Å². The molecule has 3 nitrogen and oxygen atoms in total. The molecule has 0 amide bonds. The van der Waals surface area contributed by atoms with Gasteiger partial charge >= 0.3 is 33.4 Å². The predicted octanol–water partition coefficient (Wildman–Crippen LogP) is 9.62. The first-order valence-electron chi connectivity index (χ1n) is 9.97. The van der Waals surface area contributed by atoms with Gasteiger partial charge in [0.05, 0.1) is 0 Å². The van der Waals surface area contributed by atoms with Crippen LogP contribution in [0.4, 0.5) is 39.5 Å². The van der Waals surface area contributed by atoms with Gasteiger partial charge in [0.25, 0.3) is 0 Å². The summed E-state index contributed by atoms with van der Waals surface area (Å²) < 4.78 is 153. The lowest BCUT2D eigenvalue weighted by molar-refractivity contribution is -0.382. The van der Waals surface area contributed by atoms with E-state index in [2.05, 4.69) is 0 Å². The summed E-state index contributed by atoms with van der Waals surface area (Å²) in [5, 5.41) is -6.96. The van der Waals surface area contributed by atoms with E-state index in [4.69, 9.17) is 38.4 Å². The number of benzene rings is 3. The van der Waals surface area contributed by atoms with Crippen LogP contribution in [-0.2, 0) is 13.7 Å². The molecule has 3 aromatic carbocycles. The van der Waals surface area contributed by atoms with Gasteiger partial charge in [-0.15, -0.1) is 0 Å². The van der Waals surface area contributed by atoms with E-state index in [1.165, 1.54) is 0 Å². The Balaban J connectivity index is 2.38. The molecule has 0 radical (unpaired) electrons. The molecule has 0 bridgehead atoms. The summed E-state index contributed by atoms with van der Waals surface area (Å²) in [6, 6.07) is 13.3. The molecule has 0 N–H and O–H groups in total.